The summed E-state index contributed by atoms with van der Waals surface area (Å²) >= 11 is 5.85. The number of anilines is 2. The quantitative estimate of drug-likeness (QED) is 0.285. The van der Waals surface area contributed by atoms with E-state index in [0.29, 0.717) is 45.8 Å². The third-order valence-corrected chi connectivity index (χ3v) is 5.03. The SMILES string of the molecule is CCOc1cc(/C=C(\C#N)C(=O)Nc2ccc(OC)cc2)ccc1OCC(=O)Nc1ccc(Cl)cc1. The van der Waals surface area contributed by atoms with E-state index >= 15 is 0 Å². The molecule has 0 heterocycles. The fourth-order valence-electron chi connectivity index (χ4n) is 3.06. The highest BCUT2D eigenvalue weighted by molar-refractivity contribution is 6.30. The molecule has 0 radical (unpaired) electrons. The van der Waals surface area contributed by atoms with E-state index in [9.17, 15) is 14.9 Å². The largest absolute Gasteiger partial charge is 0.497 e. The van der Waals surface area contributed by atoms with Gasteiger partial charge >= 0.3 is 0 Å². The molecule has 0 unspecified atom stereocenters. The van der Waals surface area contributed by atoms with Crippen LogP contribution in [0.15, 0.2) is 72.3 Å². The lowest BCUT2D eigenvalue weighted by Gasteiger charge is -2.13. The van der Waals surface area contributed by atoms with E-state index in [-0.39, 0.29) is 18.1 Å². The molecule has 0 atom stereocenters. The van der Waals surface area contributed by atoms with Gasteiger partial charge in [0.1, 0.15) is 17.4 Å². The first kappa shape index (κ1) is 26.1. The fraction of sp³-hybridized carbons (Fsp3) is 0.148. The third kappa shape index (κ3) is 7.52. The van der Waals surface area contributed by atoms with Gasteiger partial charge in [0.05, 0.1) is 13.7 Å². The van der Waals surface area contributed by atoms with Crippen LogP contribution in [0.4, 0.5) is 11.4 Å². The highest BCUT2D eigenvalue weighted by Gasteiger charge is 2.13. The zero-order valence-electron chi connectivity index (χ0n) is 19.7. The van der Waals surface area contributed by atoms with E-state index in [1.165, 1.54) is 6.08 Å². The molecule has 0 spiro atoms. The Labute approximate surface area is 214 Å². The molecule has 0 bridgehead atoms. The maximum atomic E-state index is 12.6. The Morgan fingerprint density at radius 3 is 2.25 bits per heavy atom. The van der Waals surface area contributed by atoms with Crippen LogP contribution in [0, 0.1) is 11.3 Å². The van der Waals surface area contributed by atoms with E-state index in [2.05, 4.69) is 10.6 Å². The summed E-state index contributed by atoms with van der Waals surface area (Å²) in [5.41, 5.74) is 1.58. The predicted molar refractivity (Wildman–Crippen MR) is 138 cm³/mol. The maximum absolute atomic E-state index is 12.6. The topological polar surface area (TPSA) is 110 Å². The van der Waals surface area contributed by atoms with Crippen LogP contribution in [0.25, 0.3) is 6.08 Å². The number of carbonyl (C=O) groups is 2. The number of carbonyl (C=O) groups excluding carboxylic acids is 2. The van der Waals surface area contributed by atoms with Gasteiger partial charge in [-0.05, 0) is 79.2 Å². The average molecular weight is 506 g/mol. The van der Waals surface area contributed by atoms with Crippen LogP contribution in [0.5, 0.6) is 17.2 Å². The van der Waals surface area contributed by atoms with Gasteiger partial charge in [0.2, 0.25) is 0 Å². The molecule has 0 aliphatic rings. The normalized spacial score (nSPS) is 10.7. The van der Waals surface area contributed by atoms with Gasteiger partial charge in [0.15, 0.2) is 18.1 Å². The number of nitriles is 1. The molecular weight excluding hydrogens is 482 g/mol. The van der Waals surface area contributed by atoms with E-state index in [0.717, 1.165) is 0 Å². The van der Waals surface area contributed by atoms with Gasteiger partial charge in [0.25, 0.3) is 11.8 Å². The van der Waals surface area contributed by atoms with Gasteiger partial charge in [-0.3, -0.25) is 9.59 Å². The van der Waals surface area contributed by atoms with Gasteiger partial charge in [-0.2, -0.15) is 5.26 Å². The predicted octanol–water partition coefficient (Wildman–Crippen LogP) is 5.31. The number of methoxy groups -OCH3 is 1. The second-order valence-corrected chi connectivity index (χ2v) is 7.77. The Hall–Kier alpha value is -4.48. The van der Waals surface area contributed by atoms with Crippen molar-refractivity contribution in [2.75, 3.05) is 31.0 Å². The van der Waals surface area contributed by atoms with Gasteiger partial charge in [-0.1, -0.05) is 17.7 Å². The zero-order valence-corrected chi connectivity index (χ0v) is 20.5. The number of halogens is 1. The van der Waals surface area contributed by atoms with Crippen molar-refractivity contribution >= 4 is 40.9 Å². The molecule has 0 aliphatic carbocycles. The van der Waals surface area contributed by atoms with Crippen LogP contribution in [0.2, 0.25) is 5.02 Å². The molecule has 36 heavy (non-hydrogen) atoms. The highest BCUT2D eigenvalue weighted by Crippen LogP contribution is 2.29. The second kappa shape index (κ2) is 12.8. The Morgan fingerprint density at radius 1 is 0.944 bits per heavy atom. The molecule has 3 aromatic rings. The van der Waals surface area contributed by atoms with Crippen LogP contribution in [0.1, 0.15) is 12.5 Å². The summed E-state index contributed by atoms with van der Waals surface area (Å²) in [5, 5.41) is 15.5. The summed E-state index contributed by atoms with van der Waals surface area (Å²) in [6.45, 7) is 1.91. The second-order valence-electron chi connectivity index (χ2n) is 7.34. The summed E-state index contributed by atoms with van der Waals surface area (Å²) in [6.07, 6.45) is 1.44. The number of benzene rings is 3. The standard InChI is InChI=1S/C27H24ClN3O5/c1-3-35-25-15-18(14-19(16-29)27(33)31-22-9-11-23(34-2)12-10-22)4-13-24(25)36-17-26(32)30-21-7-5-20(28)6-8-21/h4-15H,3,17H2,1-2H3,(H,30,32)(H,31,33)/b19-14+. The number of hydrogen-bond donors (Lipinski definition) is 2. The van der Waals surface area contributed by atoms with Crippen molar-refractivity contribution < 1.29 is 23.8 Å². The smallest absolute Gasteiger partial charge is 0.266 e. The van der Waals surface area contributed by atoms with Crippen molar-refractivity contribution in [2.45, 2.75) is 6.92 Å². The fourth-order valence-corrected chi connectivity index (χ4v) is 3.19. The highest BCUT2D eigenvalue weighted by atomic mass is 35.5. The number of nitrogens with one attached hydrogen (secondary N) is 2. The molecule has 0 saturated heterocycles. The Balaban J connectivity index is 1.69. The molecule has 184 valence electrons. The summed E-state index contributed by atoms with van der Waals surface area (Å²) < 4.78 is 16.4. The molecule has 9 heteroatoms. The summed E-state index contributed by atoms with van der Waals surface area (Å²) in [5.74, 6) is 0.461. The molecule has 0 fully saturated rings. The van der Waals surface area contributed by atoms with Crippen LogP contribution < -0.4 is 24.8 Å². The lowest BCUT2D eigenvalue weighted by Crippen LogP contribution is -2.20. The van der Waals surface area contributed by atoms with Crippen molar-refractivity contribution in [1.82, 2.24) is 0 Å². The van der Waals surface area contributed by atoms with Crippen LogP contribution in [-0.2, 0) is 9.59 Å². The molecule has 0 aliphatic heterocycles. The van der Waals surface area contributed by atoms with E-state index in [1.807, 2.05) is 13.0 Å². The first-order valence-electron chi connectivity index (χ1n) is 10.9. The Morgan fingerprint density at radius 2 is 1.61 bits per heavy atom. The molecule has 2 N–H and O–H groups in total. The monoisotopic (exact) mass is 505 g/mol. The van der Waals surface area contributed by atoms with E-state index in [1.54, 1.807) is 73.8 Å². The number of nitrogens with zero attached hydrogens (tertiary/aromatic N) is 1. The zero-order chi connectivity index (χ0) is 25.9. The van der Waals surface area contributed by atoms with Gasteiger partial charge in [-0.25, -0.2) is 0 Å². The number of amides is 2. The molecule has 3 rings (SSSR count). The van der Waals surface area contributed by atoms with Gasteiger partial charge in [-0.15, -0.1) is 0 Å². The molecule has 0 saturated carbocycles. The minimum atomic E-state index is -0.556. The summed E-state index contributed by atoms with van der Waals surface area (Å²) in [6, 6.07) is 20.3. The van der Waals surface area contributed by atoms with Crippen molar-refractivity contribution in [3.63, 3.8) is 0 Å². The third-order valence-electron chi connectivity index (χ3n) is 4.78. The van der Waals surface area contributed by atoms with Crippen molar-refractivity contribution in [2.24, 2.45) is 0 Å². The Kier molecular flexibility index (Phi) is 9.32. The van der Waals surface area contributed by atoms with E-state index < -0.39 is 5.91 Å². The summed E-state index contributed by atoms with van der Waals surface area (Å²) in [7, 11) is 1.55. The van der Waals surface area contributed by atoms with Crippen molar-refractivity contribution in [3.05, 3.63) is 82.9 Å². The molecule has 8 nitrogen and oxygen atoms in total. The summed E-state index contributed by atoms with van der Waals surface area (Å²) in [4.78, 5) is 24.8. The number of hydrogen-bond acceptors (Lipinski definition) is 6. The number of rotatable bonds is 10. The average Bonchev–Trinajstić information content (AvgIpc) is 2.88. The van der Waals surface area contributed by atoms with Crippen molar-refractivity contribution in [1.29, 1.82) is 5.26 Å². The van der Waals surface area contributed by atoms with Crippen LogP contribution in [-0.4, -0.2) is 32.1 Å². The van der Waals surface area contributed by atoms with Crippen LogP contribution >= 0.6 is 11.6 Å². The molecule has 2 amide bonds. The minimum absolute atomic E-state index is 0.0933. The van der Waals surface area contributed by atoms with Gasteiger partial charge < -0.3 is 24.8 Å². The maximum Gasteiger partial charge on any atom is 0.266 e. The van der Waals surface area contributed by atoms with E-state index in [4.69, 9.17) is 25.8 Å². The minimum Gasteiger partial charge on any atom is -0.497 e. The first-order valence-corrected chi connectivity index (χ1v) is 11.3. The lowest BCUT2D eigenvalue weighted by molar-refractivity contribution is -0.118. The first-order chi connectivity index (χ1) is 17.4. The molecular formula is C27H24ClN3O5. The Bertz CT molecular complexity index is 1280. The lowest BCUT2D eigenvalue weighted by atomic mass is 10.1. The molecule has 3 aromatic carbocycles. The van der Waals surface area contributed by atoms with Crippen LogP contribution in [0.3, 0.4) is 0 Å². The van der Waals surface area contributed by atoms with Gasteiger partial charge in [0, 0.05) is 16.4 Å². The number of ether oxygens (including phenoxy) is 3. The van der Waals surface area contributed by atoms with Crippen molar-refractivity contribution in [3.8, 4) is 23.3 Å². The molecule has 0 aromatic heterocycles.